The summed E-state index contributed by atoms with van der Waals surface area (Å²) in [6, 6.07) is 9.30. The molecule has 1 aromatic carbocycles. The van der Waals surface area contributed by atoms with Crippen LogP contribution in [0.15, 0.2) is 30.3 Å². The predicted molar refractivity (Wildman–Crippen MR) is 85.0 cm³/mol. The number of nitrogens with one attached hydrogen (secondary N) is 1. The van der Waals surface area contributed by atoms with Gasteiger partial charge in [-0.3, -0.25) is 4.79 Å². The van der Waals surface area contributed by atoms with Crippen molar-refractivity contribution in [2.75, 3.05) is 5.32 Å². The van der Waals surface area contributed by atoms with E-state index in [4.69, 9.17) is 11.6 Å². The van der Waals surface area contributed by atoms with Gasteiger partial charge in [0.1, 0.15) is 0 Å². The van der Waals surface area contributed by atoms with E-state index in [0.29, 0.717) is 5.02 Å². The summed E-state index contributed by atoms with van der Waals surface area (Å²) < 4.78 is 0. The Morgan fingerprint density at radius 3 is 2.85 bits per heavy atom. The van der Waals surface area contributed by atoms with Crippen molar-refractivity contribution in [3.05, 3.63) is 50.7 Å². The number of anilines is 1. The van der Waals surface area contributed by atoms with Crippen molar-refractivity contribution in [1.29, 1.82) is 0 Å². The van der Waals surface area contributed by atoms with Gasteiger partial charge in [-0.25, -0.2) is 0 Å². The SMILES string of the molecule is O=C(Nc1cccc(Cl)c1)c1cc2c(s1)CCCCC2. The van der Waals surface area contributed by atoms with Gasteiger partial charge in [-0.15, -0.1) is 11.3 Å². The summed E-state index contributed by atoms with van der Waals surface area (Å²) in [6.45, 7) is 0. The maximum absolute atomic E-state index is 12.3. The number of thiophene rings is 1. The highest BCUT2D eigenvalue weighted by atomic mass is 35.5. The van der Waals surface area contributed by atoms with E-state index < -0.39 is 0 Å². The molecule has 20 heavy (non-hydrogen) atoms. The van der Waals surface area contributed by atoms with Crippen LogP contribution in [0.1, 0.15) is 39.4 Å². The minimum Gasteiger partial charge on any atom is -0.321 e. The highest BCUT2D eigenvalue weighted by Crippen LogP contribution is 2.29. The molecule has 1 aromatic heterocycles. The van der Waals surface area contributed by atoms with E-state index in [1.165, 1.54) is 29.7 Å². The van der Waals surface area contributed by atoms with Crippen molar-refractivity contribution in [2.45, 2.75) is 32.1 Å². The summed E-state index contributed by atoms with van der Waals surface area (Å²) in [6.07, 6.45) is 5.99. The third kappa shape index (κ3) is 3.05. The summed E-state index contributed by atoms with van der Waals surface area (Å²) in [5, 5.41) is 3.54. The smallest absolute Gasteiger partial charge is 0.265 e. The van der Waals surface area contributed by atoms with Crippen LogP contribution in [0, 0.1) is 0 Å². The molecule has 0 spiro atoms. The van der Waals surface area contributed by atoms with Crippen LogP contribution in [0.25, 0.3) is 0 Å². The van der Waals surface area contributed by atoms with E-state index in [2.05, 4.69) is 11.4 Å². The van der Waals surface area contributed by atoms with Crippen molar-refractivity contribution in [1.82, 2.24) is 0 Å². The van der Waals surface area contributed by atoms with Crippen LogP contribution in [0.4, 0.5) is 5.69 Å². The minimum atomic E-state index is -0.0367. The molecular formula is C16H16ClNOS. The quantitative estimate of drug-likeness (QED) is 0.784. The van der Waals surface area contributed by atoms with Gasteiger partial charge in [0.2, 0.25) is 0 Å². The van der Waals surface area contributed by atoms with Gasteiger partial charge in [-0.2, -0.15) is 0 Å². The fourth-order valence-electron chi connectivity index (χ4n) is 2.54. The summed E-state index contributed by atoms with van der Waals surface area (Å²) in [5.41, 5.74) is 2.11. The largest absolute Gasteiger partial charge is 0.321 e. The van der Waals surface area contributed by atoms with Crippen LogP contribution in [0.5, 0.6) is 0 Å². The molecule has 1 aliphatic carbocycles. The number of amides is 1. The average molecular weight is 306 g/mol. The molecular weight excluding hydrogens is 290 g/mol. The predicted octanol–water partition coefficient (Wildman–Crippen LogP) is 4.92. The molecule has 0 unspecified atom stereocenters. The lowest BCUT2D eigenvalue weighted by molar-refractivity contribution is 0.103. The van der Waals surface area contributed by atoms with Gasteiger partial charge >= 0.3 is 0 Å². The van der Waals surface area contributed by atoms with Gasteiger partial charge in [-0.05, 0) is 55.5 Å². The Hall–Kier alpha value is -1.32. The zero-order valence-corrected chi connectivity index (χ0v) is 12.7. The molecule has 0 atom stereocenters. The number of hydrogen-bond donors (Lipinski definition) is 1. The van der Waals surface area contributed by atoms with E-state index >= 15 is 0 Å². The van der Waals surface area contributed by atoms with Gasteiger partial charge in [0.05, 0.1) is 4.88 Å². The fraction of sp³-hybridized carbons (Fsp3) is 0.312. The molecule has 1 aliphatic rings. The number of fused-ring (bicyclic) bond motifs is 1. The second-order valence-electron chi connectivity index (χ2n) is 5.08. The monoisotopic (exact) mass is 305 g/mol. The molecule has 1 heterocycles. The van der Waals surface area contributed by atoms with Crippen LogP contribution in [0.2, 0.25) is 5.02 Å². The van der Waals surface area contributed by atoms with E-state index in [1.54, 1.807) is 23.5 Å². The third-order valence-corrected chi connectivity index (χ3v) is 5.02. The van der Waals surface area contributed by atoms with Crippen LogP contribution in [-0.4, -0.2) is 5.91 Å². The molecule has 0 saturated carbocycles. The van der Waals surface area contributed by atoms with E-state index in [-0.39, 0.29) is 5.91 Å². The first-order valence-corrected chi connectivity index (χ1v) is 8.10. The number of aryl methyl sites for hydroxylation is 2. The lowest BCUT2D eigenvalue weighted by Crippen LogP contribution is -2.09. The number of halogens is 1. The maximum Gasteiger partial charge on any atom is 0.265 e. The lowest BCUT2D eigenvalue weighted by Gasteiger charge is -2.03. The van der Waals surface area contributed by atoms with Crippen molar-refractivity contribution in [2.24, 2.45) is 0 Å². The van der Waals surface area contributed by atoms with E-state index in [1.807, 2.05) is 12.1 Å². The number of hydrogen-bond acceptors (Lipinski definition) is 2. The second kappa shape index (κ2) is 5.98. The van der Waals surface area contributed by atoms with Gasteiger partial charge < -0.3 is 5.32 Å². The van der Waals surface area contributed by atoms with Crippen molar-refractivity contribution >= 4 is 34.5 Å². The summed E-state index contributed by atoms with van der Waals surface area (Å²) in [4.78, 5) is 14.5. The molecule has 2 nitrogen and oxygen atoms in total. The van der Waals surface area contributed by atoms with Crippen LogP contribution in [0.3, 0.4) is 0 Å². The van der Waals surface area contributed by atoms with E-state index in [0.717, 1.165) is 23.4 Å². The molecule has 104 valence electrons. The normalized spacial score (nSPS) is 14.4. The summed E-state index contributed by atoms with van der Waals surface area (Å²) in [7, 11) is 0. The maximum atomic E-state index is 12.3. The molecule has 0 fully saturated rings. The van der Waals surface area contributed by atoms with Crippen LogP contribution in [-0.2, 0) is 12.8 Å². The van der Waals surface area contributed by atoms with Gasteiger partial charge in [0.15, 0.2) is 0 Å². The molecule has 4 heteroatoms. The first-order valence-electron chi connectivity index (χ1n) is 6.91. The van der Waals surface area contributed by atoms with Crippen molar-refractivity contribution < 1.29 is 4.79 Å². The fourth-order valence-corrected chi connectivity index (χ4v) is 3.88. The Balaban J connectivity index is 1.77. The molecule has 0 aliphatic heterocycles. The first kappa shape index (κ1) is 13.7. The molecule has 0 saturated heterocycles. The summed E-state index contributed by atoms with van der Waals surface area (Å²) >= 11 is 7.56. The second-order valence-corrected chi connectivity index (χ2v) is 6.66. The first-order chi connectivity index (χ1) is 9.72. The Bertz CT molecular complexity index is 612. The minimum absolute atomic E-state index is 0.0367. The Kier molecular flexibility index (Phi) is 4.08. The molecule has 2 aromatic rings. The zero-order valence-electron chi connectivity index (χ0n) is 11.1. The summed E-state index contributed by atoms with van der Waals surface area (Å²) in [5.74, 6) is -0.0367. The highest BCUT2D eigenvalue weighted by molar-refractivity contribution is 7.14. The van der Waals surface area contributed by atoms with Crippen molar-refractivity contribution in [3.63, 3.8) is 0 Å². The van der Waals surface area contributed by atoms with E-state index in [9.17, 15) is 4.79 Å². The average Bonchev–Trinajstić information content (AvgIpc) is 2.70. The van der Waals surface area contributed by atoms with Crippen LogP contribution < -0.4 is 5.32 Å². The molecule has 0 radical (unpaired) electrons. The van der Waals surface area contributed by atoms with Crippen molar-refractivity contribution in [3.8, 4) is 0 Å². The Morgan fingerprint density at radius 2 is 2.00 bits per heavy atom. The van der Waals surface area contributed by atoms with Gasteiger partial charge in [0, 0.05) is 15.6 Å². The zero-order chi connectivity index (χ0) is 13.9. The molecule has 1 amide bonds. The topological polar surface area (TPSA) is 29.1 Å². The highest BCUT2D eigenvalue weighted by Gasteiger charge is 2.16. The molecule has 1 N–H and O–H groups in total. The van der Waals surface area contributed by atoms with Gasteiger partial charge in [-0.1, -0.05) is 24.1 Å². The molecule has 3 rings (SSSR count). The Labute approximate surface area is 127 Å². The standard InChI is InChI=1S/C16H16ClNOS/c17-12-6-4-7-13(10-12)18-16(19)15-9-11-5-2-1-3-8-14(11)20-15/h4,6-7,9-10H,1-3,5,8H2,(H,18,19). The molecule has 0 bridgehead atoms. The number of benzene rings is 1. The third-order valence-electron chi connectivity index (χ3n) is 3.55. The number of carbonyl (C=O) groups excluding carboxylic acids is 1. The van der Waals surface area contributed by atoms with Gasteiger partial charge in [0.25, 0.3) is 5.91 Å². The Morgan fingerprint density at radius 1 is 1.15 bits per heavy atom. The lowest BCUT2D eigenvalue weighted by atomic mass is 10.1. The number of carbonyl (C=O) groups is 1. The van der Waals surface area contributed by atoms with Crippen LogP contribution >= 0.6 is 22.9 Å². The number of rotatable bonds is 2.